The van der Waals surface area contributed by atoms with E-state index in [0.29, 0.717) is 17.9 Å². The Bertz CT molecular complexity index is 1030. The highest BCUT2D eigenvalue weighted by Crippen LogP contribution is 2.20. The Morgan fingerprint density at radius 1 is 0.815 bits per heavy atom. The lowest BCUT2D eigenvalue weighted by Gasteiger charge is -2.11. The van der Waals surface area contributed by atoms with Crippen LogP contribution in [0.3, 0.4) is 0 Å². The number of hydrogen-bond acceptors (Lipinski definition) is 5. The van der Waals surface area contributed by atoms with Crippen molar-refractivity contribution in [1.29, 1.82) is 0 Å². The molecule has 0 aliphatic carbocycles. The smallest absolute Gasteiger partial charge is 0.263 e. The van der Waals surface area contributed by atoms with Gasteiger partial charge in [0.2, 0.25) is 0 Å². The Kier molecular flexibility index (Phi) is 5.41. The minimum absolute atomic E-state index is 0.178. The van der Waals surface area contributed by atoms with E-state index in [1.165, 1.54) is 5.56 Å². The zero-order valence-electron chi connectivity index (χ0n) is 15.5. The van der Waals surface area contributed by atoms with Crippen molar-refractivity contribution in [3.05, 3.63) is 76.9 Å². The van der Waals surface area contributed by atoms with Gasteiger partial charge in [-0.3, -0.25) is 4.72 Å². The summed E-state index contributed by atoms with van der Waals surface area (Å²) < 4.78 is 27.7. The van der Waals surface area contributed by atoms with Crippen LogP contribution in [-0.2, 0) is 16.6 Å². The fourth-order valence-corrected chi connectivity index (χ4v) is 3.90. The Morgan fingerprint density at radius 3 is 2.11 bits per heavy atom. The van der Waals surface area contributed by atoms with E-state index in [2.05, 4.69) is 20.2 Å². The van der Waals surface area contributed by atoms with Crippen LogP contribution in [0.2, 0.25) is 0 Å². The minimum atomic E-state index is -3.71. The maximum absolute atomic E-state index is 12.6. The molecule has 7 heteroatoms. The summed E-state index contributed by atoms with van der Waals surface area (Å²) >= 11 is 0. The lowest BCUT2D eigenvalue weighted by atomic mass is 10.1. The fourth-order valence-electron chi connectivity index (χ4n) is 2.57. The topological polar surface area (TPSA) is 84.0 Å². The fraction of sp³-hybridized carbons (Fsp3) is 0.200. The van der Waals surface area contributed by atoms with Gasteiger partial charge in [-0.15, -0.1) is 10.2 Å². The first kappa shape index (κ1) is 18.8. The SMILES string of the molecule is Cc1ccc(CNc2ccc(NS(=O)(=O)c3cc(C)ccc3C)nn2)cc1. The zero-order chi connectivity index (χ0) is 19.4. The molecule has 3 aromatic rings. The van der Waals surface area contributed by atoms with Gasteiger partial charge in [-0.1, -0.05) is 42.0 Å². The molecular weight excluding hydrogens is 360 g/mol. The second kappa shape index (κ2) is 7.75. The minimum Gasteiger partial charge on any atom is -0.365 e. The van der Waals surface area contributed by atoms with E-state index in [4.69, 9.17) is 0 Å². The van der Waals surface area contributed by atoms with Gasteiger partial charge in [0.15, 0.2) is 5.82 Å². The molecule has 2 N–H and O–H groups in total. The number of rotatable bonds is 6. The average Bonchev–Trinajstić information content (AvgIpc) is 2.64. The summed E-state index contributed by atoms with van der Waals surface area (Å²) in [5, 5.41) is 11.2. The standard InChI is InChI=1S/C20H22N4O2S/c1-14-5-8-17(9-6-14)13-21-19-10-11-20(23-22-19)24-27(25,26)18-12-15(2)4-7-16(18)3/h4-12H,13H2,1-3H3,(H,21,22)(H,23,24). The predicted octanol–water partition coefficient (Wildman–Crippen LogP) is 3.81. The van der Waals surface area contributed by atoms with Crippen LogP contribution >= 0.6 is 0 Å². The van der Waals surface area contributed by atoms with Crippen molar-refractivity contribution >= 4 is 21.7 Å². The molecule has 0 saturated heterocycles. The normalized spacial score (nSPS) is 11.2. The second-order valence-electron chi connectivity index (χ2n) is 6.52. The number of nitrogens with one attached hydrogen (secondary N) is 2. The molecule has 0 radical (unpaired) electrons. The van der Waals surface area contributed by atoms with Gasteiger partial charge >= 0.3 is 0 Å². The van der Waals surface area contributed by atoms with E-state index in [9.17, 15) is 8.42 Å². The summed E-state index contributed by atoms with van der Waals surface area (Å²) in [4.78, 5) is 0.242. The number of anilines is 2. The third-order valence-electron chi connectivity index (χ3n) is 4.13. The summed E-state index contributed by atoms with van der Waals surface area (Å²) in [5.74, 6) is 0.752. The third-order valence-corrected chi connectivity index (χ3v) is 5.63. The molecule has 0 spiro atoms. The van der Waals surface area contributed by atoms with Crippen LogP contribution < -0.4 is 10.0 Å². The molecule has 1 aromatic heterocycles. The molecule has 2 aromatic carbocycles. The molecule has 0 fully saturated rings. The van der Waals surface area contributed by atoms with E-state index < -0.39 is 10.0 Å². The van der Waals surface area contributed by atoms with Gasteiger partial charge in [-0.05, 0) is 55.7 Å². The number of aromatic nitrogens is 2. The van der Waals surface area contributed by atoms with Crippen molar-refractivity contribution in [3.8, 4) is 0 Å². The summed E-state index contributed by atoms with van der Waals surface area (Å²) in [6, 6.07) is 16.8. The molecule has 0 atom stereocenters. The number of benzene rings is 2. The van der Waals surface area contributed by atoms with Crippen LogP contribution in [0.25, 0.3) is 0 Å². The van der Waals surface area contributed by atoms with E-state index >= 15 is 0 Å². The first-order chi connectivity index (χ1) is 12.8. The Hall–Kier alpha value is -2.93. The Balaban J connectivity index is 1.68. The first-order valence-corrected chi connectivity index (χ1v) is 10.0. The number of sulfonamides is 1. The van der Waals surface area contributed by atoms with Crippen LogP contribution in [0.5, 0.6) is 0 Å². The van der Waals surface area contributed by atoms with Crippen molar-refractivity contribution in [2.75, 3.05) is 10.0 Å². The number of aryl methyl sites for hydroxylation is 3. The van der Waals surface area contributed by atoms with Crippen LogP contribution in [0.15, 0.2) is 59.5 Å². The van der Waals surface area contributed by atoms with Crippen molar-refractivity contribution in [2.24, 2.45) is 0 Å². The first-order valence-electron chi connectivity index (χ1n) is 8.57. The summed E-state index contributed by atoms with van der Waals surface area (Å²) in [5.41, 5.74) is 3.89. The molecule has 0 amide bonds. The van der Waals surface area contributed by atoms with E-state index in [1.807, 2.05) is 44.2 Å². The monoisotopic (exact) mass is 382 g/mol. The molecule has 3 rings (SSSR count). The molecule has 0 saturated carbocycles. The van der Waals surface area contributed by atoms with Gasteiger partial charge in [0.05, 0.1) is 4.90 Å². The molecule has 1 heterocycles. The van der Waals surface area contributed by atoms with Gasteiger partial charge < -0.3 is 5.32 Å². The average molecular weight is 382 g/mol. The lowest BCUT2D eigenvalue weighted by Crippen LogP contribution is -2.16. The van der Waals surface area contributed by atoms with Crippen LogP contribution in [-0.4, -0.2) is 18.6 Å². The third kappa shape index (κ3) is 4.83. The molecular formula is C20H22N4O2S. The molecule has 0 unspecified atom stereocenters. The molecule has 0 aliphatic heterocycles. The maximum Gasteiger partial charge on any atom is 0.263 e. The predicted molar refractivity (Wildman–Crippen MR) is 107 cm³/mol. The molecule has 27 heavy (non-hydrogen) atoms. The summed E-state index contributed by atoms with van der Waals surface area (Å²) in [6.07, 6.45) is 0. The van der Waals surface area contributed by atoms with E-state index in [1.54, 1.807) is 31.2 Å². The van der Waals surface area contributed by atoms with Crippen molar-refractivity contribution < 1.29 is 8.42 Å². The molecule has 0 aliphatic rings. The van der Waals surface area contributed by atoms with E-state index in [0.717, 1.165) is 11.1 Å². The van der Waals surface area contributed by atoms with Crippen molar-refractivity contribution in [2.45, 2.75) is 32.2 Å². The van der Waals surface area contributed by atoms with Crippen LogP contribution in [0.1, 0.15) is 22.3 Å². The van der Waals surface area contributed by atoms with Gasteiger partial charge in [0, 0.05) is 6.54 Å². The molecule has 6 nitrogen and oxygen atoms in total. The van der Waals surface area contributed by atoms with Gasteiger partial charge in [0.25, 0.3) is 10.0 Å². The highest BCUT2D eigenvalue weighted by molar-refractivity contribution is 7.92. The second-order valence-corrected chi connectivity index (χ2v) is 8.17. The van der Waals surface area contributed by atoms with E-state index in [-0.39, 0.29) is 10.7 Å². The number of nitrogens with zero attached hydrogens (tertiary/aromatic N) is 2. The summed E-state index contributed by atoms with van der Waals surface area (Å²) in [6.45, 7) is 6.27. The van der Waals surface area contributed by atoms with Gasteiger partial charge in [-0.2, -0.15) is 0 Å². The maximum atomic E-state index is 12.6. The highest BCUT2D eigenvalue weighted by Gasteiger charge is 2.18. The number of hydrogen-bond donors (Lipinski definition) is 2. The van der Waals surface area contributed by atoms with Crippen molar-refractivity contribution in [3.63, 3.8) is 0 Å². The Morgan fingerprint density at radius 2 is 1.44 bits per heavy atom. The zero-order valence-corrected chi connectivity index (χ0v) is 16.3. The highest BCUT2D eigenvalue weighted by atomic mass is 32.2. The quantitative estimate of drug-likeness (QED) is 0.677. The van der Waals surface area contributed by atoms with Crippen molar-refractivity contribution in [1.82, 2.24) is 10.2 Å². The van der Waals surface area contributed by atoms with Crippen LogP contribution in [0, 0.1) is 20.8 Å². The Labute approximate surface area is 159 Å². The molecule has 140 valence electrons. The lowest BCUT2D eigenvalue weighted by molar-refractivity contribution is 0.600. The summed E-state index contributed by atoms with van der Waals surface area (Å²) in [7, 11) is -3.71. The molecule has 0 bridgehead atoms. The van der Waals surface area contributed by atoms with Gasteiger partial charge in [-0.25, -0.2) is 8.42 Å². The largest absolute Gasteiger partial charge is 0.365 e. The van der Waals surface area contributed by atoms with Gasteiger partial charge in [0.1, 0.15) is 5.82 Å². The van der Waals surface area contributed by atoms with Crippen LogP contribution in [0.4, 0.5) is 11.6 Å².